The number of carbonyl (C=O) groups is 3. The van der Waals surface area contributed by atoms with Crippen LogP contribution in [0.1, 0.15) is 30.4 Å². The van der Waals surface area contributed by atoms with Gasteiger partial charge in [0, 0.05) is 26.4 Å². The smallest absolute Gasteiger partial charge is 0.337 e. The molecule has 0 aliphatic carbocycles. The van der Waals surface area contributed by atoms with Crippen LogP contribution in [0.25, 0.3) is 10.1 Å². The molecule has 2 amide bonds. The number of hydrogen-bond donors (Lipinski definition) is 3. The van der Waals surface area contributed by atoms with Gasteiger partial charge in [-0.3, -0.25) is 9.59 Å². The lowest BCUT2D eigenvalue weighted by molar-refractivity contribution is 0.0698. The number of nitrogens with one attached hydrogen (secondary N) is 2. The molecular formula is C23H14Cl2N2O4S. The lowest BCUT2D eigenvalue weighted by Gasteiger charge is -2.12. The minimum absolute atomic E-state index is 0.0323. The Morgan fingerprint density at radius 2 is 1.56 bits per heavy atom. The normalized spacial score (nSPS) is 10.7. The standard InChI is InChI=1S/C23H14Cl2N2O4S/c24-13-7-5-12(6-8-13)21(28)26-14-9-10-15(23(30)31)17(11-14)27-22(29)20-19(25)16-3-1-2-4-18(16)32-20/h1-11H,(H,26,28)(H,27,29)(H,30,31). The summed E-state index contributed by atoms with van der Waals surface area (Å²) in [7, 11) is 0. The number of carbonyl (C=O) groups excluding carboxylic acids is 2. The summed E-state index contributed by atoms with van der Waals surface area (Å²) in [5, 5.41) is 16.3. The van der Waals surface area contributed by atoms with Gasteiger partial charge in [0.2, 0.25) is 0 Å². The van der Waals surface area contributed by atoms with Gasteiger partial charge >= 0.3 is 5.97 Å². The summed E-state index contributed by atoms with van der Waals surface area (Å²) in [4.78, 5) is 37.3. The molecule has 3 aromatic carbocycles. The van der Waals surface area contributed by atoms with E-state index in [1.165, 1.54) is 29.5 Å². The highest BCUT2D eigenvalue weighted by molar-refractivity contribution is 7.21. The van der Waals surface area contributed by atoms with Crippen molar-refractivity contribution in [2.75, 3.05) is 10.6 Å². The number of aromatic carboxylic acids is 1. The highest BCUT2D eigenvalue weighted by Crippen LogP contribution is 2.36. The predicted molar refractivity (Wildman–Crippen MR) is 128 cm³/mol. The first-order valence-electron chi connectivity index (χ1n) is 9.26. The third-order valence-corrected chi connectivity index (χ3v) is 6.53. The molecule has 0 radical (unpaired) electrons. The summed E-state index contributed by atoms with van der Waals surface area (Å²) in [6.45, 7) is 0. The first-order chi connectivity index (χ1) is 15.3. The molecule has 0 saturated carbocycles. The molecule has 160 valence electrons. The summed E-state index contributed by atoms with van der Waals surface area (Å²) >= 11 is 13.4. The second-order valence-corrected chi connectivity index (χ2v) is 8.59. The molecule has 0 saturated heterocycles. The van der Waals surface area contributed by atoms with E-state index < -0.39 is 17.8 Å². The van der Waals surface area contributed by atoms with Crippen molar-refractivity contribution in [2.24, 2.45) is 0 Å². The van der Waals surface area contributed by atoms with Crippen LogP contribution in [0.4, 0.5) is 11.4 Å². The molecule has 9 heteroatoms. The van der Waals surface area contributed by atoms with E-state index in [4.69, 9.17) is 23.2 Å². The molecule has 0 fully saturated rings. The van der Waals surface area contributed by atoms with Crippen LogP contribution in [0.2, 0.25) is 10.0 Å². The van der Waals surface area contributed by atoms with Crippen molar-refractivity contribution in [1.29, 1.82) is 0 Å². The van der Waals surface area contributed by atoms with Gasteiger partial charge in [0.15, 0.2) is 0 Å². The molecule has 32 heavy (non-hydrogen) atoms. The first-order valence-corrected chi connectivity index (χ1v) is 10.8. The maximum Gasteiger partial charge on any atom is 0.337 e. The Morgan fingerprint density at radius 1 is 0.844 bits per heavy atom. The van der Waals surface area contributed by atoms with E-state index in [1.54, 1.807) is 30.3 Å². The van der Waals surface area contributed by atoms with Crippen molar-refractivity contribution in [3.8, 4) is 0 Å². The zero-order valence-electron chi connectivity index (χ0n) is 16.2. The molecule has 0 spiro atoms. The van der Waals surface area contributed by atoms with Crippen LogP contribution in [0.5, 0.6) is 0 Å². The number of rotatable bonds is 5. The lowest BCUT2D eigenvalue weighted by Crippen LogP contribution is -2.16. The van der Waals surface area contributed by atoms with E-state index in [0.717, 1.165) is 10.1 Å². The molecule has 0 aliphatic heterocycles. The summed E-state index contributed by atoms with van der Waals surface area (Å²) in [5.41, 5.74) is 0.594. The van der Waals surface area contributed by atoms with Gasteiger partial charge in [-0.25, -0.2) is 4.79 Å². The van der Waals surface area contributed by atoms with Gasteiger partial charge in [0.25, 0.3) is 11.8 Å². The number of fused-ring (bicyclic) bond motifs is 1. The van der Waals surface area contributed by atoms with Gasteiger partial charge in [0.1, 0.15) is 4.88 Å². The maximum atomic E-state index is 12.9. The van der Waals surface area contributed by atoms with Gasteiger partial charge in [-0.05, 0) is 48.5 Å². The van der Waals surface area contributed by atoms with Crippen molar-refractivity contribution in [2.45, 2.75) is 0 Å². The second-order valence-electron chi connectivity index (χ2n) is 6.72. The number of halogens is 2. The molecule has 6 nitrogen and oxygen atoms in total. The highest BCUT2D eigenvalue weighted by atomic mass is 35.5. The van der Waals surface area contributed by atoms with Crippen molar-refractivity contribution in [1.82, 2.24) is 0 Å². The van der Waals surface area contributed by atoms with E-state index in [9.17, 15) is 19.5 Å². The Balaban J connectivity index is 1.62. The zero-order valence-corrected chi connectivity index (χ0v) is 18.5. The lowest BCUT2D eigenvalue weighted by atomic mass is 10.1. The third kappa shape index (κ3) is 4.45. The summed E-state index contributed by atoms with van der Waals surface area (Å²) in [5.74, 6) is -2.17. The van der Waals surface area contributed by atoms with Crippen molar-refractivity contribution in [3.05, 3.63) is 92.8 Å². The fraction of sp³-hybridized carbons (Fsp3) is 0. The van der Waals surface area contributed by atoms with Gasteiger partial charge in [0.05, 0.1) is 16.3 Å². The zero-order chi connectivity index (χ0) is 22.8. The Hall–Kier alpha value is -3.39. The molecule has 0 atom stereocenters. The van der Waals surface area contributed by atoms with Crippen molar-refractivity contribution in [3.63, 3.8) is 0 Å². The number of benzene rings is 3. The van der Waals surface area contributed by atoms with Crippen LogP contribution < -0.4 is 10.6 Å². The Bertz CT molecular complexity index is 1370. The SMILES string of the molecule is O=C(Nc1ccc(C(=O)O)c(NC(=O)c2sc3ccccc3c2Cl)c1)c1ccc(Cl)cc1. The van der Waals surface area contributed by atoms with Crippen molar-refractivity contribution >= 4 is 73.8 Å². The fourth-order valence-corrected chi connectivity index (χ4v) is 4.59. The van der Waals surface area contributed by atoms with E-state index >= 15 is 0 Å². The van der Waals surface area contributed by atoms with Gasteiger partial charge in [-0.15, -0.1) is 11.3 Å². The van der Waals surface area contributed by atoms with Gasteiger partial charge < -0.3 is 15.7 Å². The van der Waals surface area contributed by atoms with Crippen LogP contribution in [-0.4, -0.2) is 22.9 Å². The molecule has 0 unspecified atom stereocenters. The van der Waals surface area contributed by atoms with E-state index in [-0.39, 0.29) is 16.1 Å². The minimum Gasteiger partial charge on any atom is -0.478 e. The number of thiophene rings is 1. The second kappa shape index (κ2) is 9.00. The van der Waals surface area contributed by atoms with E-state index in [0.29, 0.717) is 21.3 Å². The molecule has 0 aliphatic rings. The average molecular weight is 485 g/mol. The Labute approximate surface area is 196 Å². The third-order valence-electron chi connectivity index (χ3n) is 4.60. The first kappa shape index (κ1) is 21.8. The monoisotopic (exact) mass is 484 g/mol. The quantitative estimate of drug-likeness (QED) is 0.304. The van der Waals surface area contributed by atoms with Crippen LogP contribution in [0.3, 0.4) is 0 Å². The van der Waals surface area contributed by atoms with Crippen LogP contribution in [-0.2, 0) is 0 Å². The Morgan fingerprint density at radius 3 is 2.25 bits per heavy atom. The Kier molecular flexibility index (Phi) is 6.14. The molecule has 3 N–H and O–H groups in total. The number of amides is 2. The van der Waals surface area contributed by atoms with Crippen LogP contribution >= 0.6 is 34.5 Å². The number of carboxylic acid groups (broad SMARTS) is 1. The molecule has 1 aromatic heterocycles. The summed E-state index contributed by atoms with van der Waals surface area (Å²) in [6, 6.07) is 17.8. The summed E-state index contributed by atoms with van der Waals surface area (Å²) < 4.78 is 0.838. The number of carboxylic acids is 1. The topological polar surface area (TPSA) is 95.5 Å². The van der Waals surface area contributed by atoms with E-state index in [2.05, 4.69) is 10.6 Å². The van der Waals surface area contributed by atoms with Crippen molar-refractivity contribution < 1.29 is 19.5 Å². The molecule has 4 rings (SSSR count). The number of hydrogen-bond acceptors (Lipinski definition) is 4. The van der Waals surface area contributed by atoms with E-state index in [1.807, 2.05) is 18.2 Å². The average Bonchev–Trinajstić information content (AvgIpc) is 3.11. The van der Waals surface area contributed by atoms with Crippen LogP contribution in [0, 0.1) is 0 Å². The molecular weight excluding hydrogens is 471 g/mol. The summed E-state index contributed by atoms with van der Waals surface area (Å²) in [6.07, 6.45) is 0. The minimum atomic E-state index is -1.22. The van der Waals surface area contributed by atoms with Crippen LogP contribution in [0.15, 0.2) is 66.7 Å². The number of anilines is 2. The highest BCUT2D eigenvalue weighted by Gasteiger charge is 2.20. The molecule has 4 aromatic rings. The molecule has 0 bridgehead atoms. The fourth-order valence-electron chi connectivity index (χ4n) is 3.06. The van der Waals surface area contributed by atoms with Gasteiger partial charge in [-0.2, -0.15) is 0 Å². The predicted octanol–water partition coefficient (Wildman–Crippen LogP) is 6.41. The van der Waals surface area contributed by atoms with Gasteiger partial charge in [-0.1, -0.05) is 41.4 Å². The molecule has 1 heterocycles. The largest absolute Gasteiger partial charge is 0.478 e. The maximum absolute atomic E-state index is 12.9.